The summed E-state index contributed by atoms with van der Waals surface area (Å²) in [6.07, 6.45) is -0.439. The molecule has 0 spiro atoms. The van der Waals surface area contributed by atoms with Crippen molar-refractivity contribution < 1.29 is 13.9 Å². The van der Waals surface area contributed by atoms with Crippen LogP contribution >= 0.6 is 11.8 Å². The molecule has 1 atom stereocenters. The van der Waals surface area contributed by atoms with Crippen LogP contribution in [0.1, 0.15) is 17.8 Å². The molecule has 28 heavy (non-hydrogen) atoms. The largest absolute Gasteiger partial charge is 0.485 e. The van der Waals surface area contributed by atoms with Gasteiger partial charge in [0, 0.05) is 0 Å². The van der Waals surface area contributed by atoms with Crippen LogP contribution in [0.2, 0.25) is 0 Å². The topological polar surface area (TPSA) is 101 Å². The van der Waals surface area contributed by atoms with Crippen LogP contribution < -0.4 is 9.47 Å². The second-order valence-corrected chi connectivity index (χ2v) is 6.83. The van der Waals surface area contributed by atoms with Gasteiger partial charge >= 0.3 is 0 Å². The Morgan fingerprint density at radius 3 is 2.68 bits per heavy atom. The van der Waals surface area contributed by atoms with Crippen molar-refractivity contribution in [3.05, 3.63) is 66.3 Å². The lowest BCUT2D eigenvalue weighted by molar-refractivity contribution is 0.0686. The Hall–Kier alpha value is -3.40. The average molecular weight is 394 g/mol. The number of fused-ring (bicyclic) bond motifs is 1. The van der Waals surface area contributed by atoms with Gasteiger partial charge in [-0.15, -0.1) is 15.3 Å². The van der Waals surface area contributed by atoms with E-state index in [1.807, 2.05) is 54.6 Å². The van der Waals surface area contributed by atoms with Crippen LogP contribution in [0, 0.1) is 0 Å². The molecule has 2 aromatic carbocycles. The number of rotatable bonds is 5. The molecule has 4 aromatic rings. The van der Waals surface area contributed by atoms with Crippen molar-refractivity contribution in [1.82, 2.24) is 30.4 Å². The first-order valence-corrected chi connectivity index (χ1v) is 9.53. The minimum absolute atomic E-state index is 0.315. The van der Waals surface area contributed by atoms with Gasteiger partial charge in [0.25, 0.3) is 11.1 Å². The van der Waals surface area contributed by atoms with Crippen LogP contribution in [0.5, 0.6) is 11.5 Å². The van der Waals surface area contributed by atoms with E-state index in [0.29, 0.717) is 40.8 Å². The minimum atomic E-state index is -0.439. The number of nitrogens with zero attached hydrogens (tertiary/aromatic N) is 6. The molecule has 0 amide bonds. The quantitative estimate of drug-likeness (QED) is 0.473. The van der Waals surface area contributed by atoms with Crippen LogP contribution in [-0.2, 0) is 5.75 Å². The Morgan fingerprint density at radius 2 is 1.79 bits per heavy atom. The highest BCUT2D eigenvalue weighted by Gasteiger charge is 2.27. The van der Waals surface area contributed by atoms with Gasteiger partial charge in [0.15, 0.2) is 17.3 Å². The molecule has 0 radical (unpaired) electrons. The summed E-state index contributed by atoms with van der Waals surface area (Å²) in [5, 5.41) is 20.5. The molecule has 0 aliphatic carbocycles. The van der Waals surface area contributed by atoms with Crippen molar-refractivity contribution in [3.8, 4) is 17.2 Å². The molecule has 0 saturated carbocycles. The van der Waals surface area contributed by atoms with Crippen molar-refractivity contribution in [1.29, 1.82) is 0 Å². The maximum absolute atomic E-state index is 5.89. The summed E-state index contributed by atoms with van der Waals surface area (Å²) in [5.74, 6) is 2.91. The molecule has 0 N–H and O–H groups in total. The number of ether oxygens (including phenoxy) is 2. The first-order valence-electron chi connectivity index (χ1n) is 8.54. The van der Waals surface area contributed by atoms with Crippen molar-refractivity contribution in [2.45, 2.75) is 17.1 Å². The third kappa shape index (κ3) is 3.29. The molecule has 0 saturated heterocycles. The predicted octanol–water partition coefficient (Wildman–Crippen LogP) is 2.85. The minimum Gasteiger partial charge on any atom is -0.485 e. The van der Waals surface area contributed by atoms with Crippen molar-refractivity contribution in [3.63, 3.8) is 0 Å². The summed E-state index contributed by atoms with van der Waals surface area (Å²) < 4.78 is 19.0. The number of hydrogen-bond donors (Lipinski definition) is 0. The van der Waals surface area contributed by atoms with Gasteiger partial charge in [0.05, 0.1) is 11.4 Å². The summed E-state index contributed by atoms with van der Waals surface area (Å²) in [6, 6.07) is 17.2. The Bertz CT molecular complexity index is 1080. The summed E-state index contributed by atoms with van der Waals surface area (Å²) in [5.41, 5.74) is 0.890. The van der Waals surface area contributed by atoms with Crippen molar-refractivity contribution in [2.24, 2.45) is 0 Å². The molecule has 0 bridgehead atoms. The summed E-state index contributed by atoms with van der Waals surface area (Å²) in [7, 11) is 0. The zero-order valence-electron chi connectivity index (χ0n) is 14.5. The van der Waals surface area contributed by atoms with Gasteiger partial charge in [-0.25, -0.2) is 0 Å². The molecule has 1 aliphatic rings. The second kappa shape index (κ2) is 7.31. The van der Waals surface area contributed by atoms with Gasteiger partial charge < -0.3 is 13.9 Å². The maximum Gasteiger partial charge on any atom is 0.277 e. The standard InChI is InChI=1S/C18H14N6O3S/c1-2-6-12(7-3-1)24-16(19-22-23-24)11-28-18-21-20-17(27-18)15-10-25-13-8-4-5-9-14(13)26-15/h1-9,15H,10-11H2. The number of aromatic nitrogens is 6. The summed E-state index contributed by atoms with van der Waals surface area (Å²) in [4.78, 5) is 0. The molecule has 2 aromatic heterocycles. The van der Waals surface area contributed by atoms with E-state index in [4.69, 9.17) is 13.9 Å². The third-order valence-corrected chi connectivity index (χ3v) is 4.88. The molecule has 1 unspecified atom stereocenters. The highest BCUT2D eigenvalue weighted by Crippen LogP contribution is 2.36. The number of thioether (sulfide) groups is 1. The molecule has 5 rings (SSSR count). The van der Waals surface area contributed by atoms with Crippen LogP contribution in [-0.4, -0.2) is 37.0 Å². The normalized spacial score (nSPS) is 15.5. The van der Waals surface area contributed by atoms with Crippen LogP contribution in [0.25, 0.3) is 5.69 Å². The third-order valence-electron chi connectivity index (χ3n) is 4.07. The summed E-state index contributed by atoms with van der Waals surface area (Å²) in [6.45, 7) is 0.315. The Labute approximate surface area is 163 Å². The van der Waals surface area contributed by atoms with Gasteiger partial charge in [-0.2, -0.15) is 4.68 Å². The highest BCUT2D eigenvalue weighted by molar-refractivity contribution is 7.98. The molecular weight excluding hydrogens is 380 g/mol. The number of benzene rings is 2. The molecule has 1 aliphatic heterocycles. The number of para-hydroxylation sites is 3. The van der Waals surface area contributed by atoms with Gasteiger partial charge in [-0.1, -0.05) is 42.1 Å². The lowest BCUT2D eigenvalue weighted by Gasteiger charge is -2.23. The van der Waals surface area contributed by atoms with Gasteiger partial charge in [0.2, 0.25) is 6.10 Å². The van der Waals surface area contributed by atoms with Crippen molar-refractivity contribution >= 4 is 11.8 Å². The second-order valence-electron chi connectivity index (χ2n) is 5.90. The number of hydrogen-bond acceptors (Lipinski definition) is 9. The SMILES string of the molecule is c1ccc(-n2nnnc2CSc2nnc(C3COc4ccccc4O3)o2)cc1. The molecule has 0 fully saturated rings. The Balaban J connectivity index is 1.27. The fourth-order valence-corrected chi connectivity index (χ4v) is 3.42. The van der Waals surface area contributed by atoms with Gasteiger partial charge in [0.1, 0.15) is 6.61 Å². The highest BCUT2D eigenvalue weighted by atomic mass is 32.2. The van der Waals surface area contributed by atoms with E-state index >= 15 is 0 Å². The van der Waals surface area contributed by atoms with Crippen LogP contribution in [0.3, 0.4) is 0 Å². The molecule has 3 heterocycles. The molecule has 140 valence electrons. The zero-order chi connectivity index (χ0) is 18.8. The lowest BCUT2D eigenvalue weighted by Crippen LogP contribution is -2.21. The van der Waals surface area contributed by atoms with E-state index in [2.05, 4.69) is 25.7 Å². The van der Waals surface area contributed by atoms with E-state index in [0.717, 1.165) is 5.69 Å². The fourth-order valence-electron chi connectivity index (χ4n) is 2.74. The predicted molar refractivity (Wildman–Crippen MR) is 98.3 cm³/mol. The smallest absolute Gasteiger partial charge is 0.277 e. The van der Waals surface area contributed by atoms with Crippen LogP contribution in [0.4, 0.5) is 0 Å². The van der Waals surface area contributed by atoms with E-state index in [9.17, 15) is 0 Å². The first-order chi connectivity index (χ1) is 13.9. The Kier molecular flexibility index (Phi) is 4.37. The molecule has 9 nitrogen and oxygen atoms in total. The van der Waals surface area contributed by atoms with Gasteiger partial charge in [-0.3, -0.25) is 0 Å². The number of tetrazole rings is 1. The van der Waals surface area contributed by atoms with Gasteiger partial charge in [-0.05, 0) is 34.7 Å². The van der Waals surface area contributed by atoms with Crippen molar-refractivity contribution in [2.75, 3.05) is 6.61 Å². The monoisotopic (exact) mass is 394 g/mol. The van der Waals surface area contributed by atoms with E-state index in [-0.39, 0.29) is 0 Å². The Morgan fingerprint density at radius 1 is 0.964 bits per heavy atom. The zero-order valence-corrected chi connectivity index (χ0v) is 15.3. The molecule has 10 heteroatoms. The first kappa shape index (κ1) is 16.8. The molecular formula is C18H14N6O3S. The average Bonchev–Trinajstić information content (AvgIpc) is 3.42. The van der Waals surface area contributed by atoms with E-state index in [1.54, 1.807) is 4.68 Å². The summed E-state index contributed by atoms with van der Waals surface area (Å²) >= 11 is 1.36. The fraction of sp³-hybridized carbons (Fsp3) is 0.167. The van der Waals surface area contributed by atoms with E-state index in [1.165, 1.54) is 11.8 Å². The van der Waals surface area contributed by atoms with E-state index < -0.39 is 6.10 Å². The van der Waals surface area contributed by atoms with Crippen LogP contribution in [0.15, 0.2) is 64.2 Å². The lowest BCUT2D eigenvalue weighted by atomic mass is 10.2. The maximum atomic E-state index is 5.89.